The zero-order valence-corrected chi connectivity index (χ0v) is 17.9. The molecule has 1 atom stereocenters. The minimum Gasteiger partial charge on any atom is -0.465 e. The number of para-hydroxylation sites is 1. The van der Waals surface area contributed by atoms with E-state index in [4.69, 9.17) is 4.74 Å². The number of nitrogens with zero attached hydrogens (tertiary/aromatic N) is 2. The van der Waals surface area contributed by atoms with Crippen molar-refractivity contribution in [2.24, 2.45) is 0 Å². The Kier molecular flexibility index (Phi) is 7.44. The van der Waals surface area contributed by atoms with Crippen LogP contribution in [0.25, 0.3) is 0 Å². The minimum atomic E-state index is -3.59. The average molecular weight is 435 g/mol. The Hall–Kier alpha value is -2.45. The summed E-state index contributed by atoms with van der Waals surface area (Å²) >= 11 is 0. The molecule has 0 aromatic heterocycles. The number of likely N-dealkylation sites (tertiary alicyclic amines) is 1. The van der Waals surface area contributed by atoms with Crippen LogP contribution in [0.1, 0.15) is 28.8 Å². The third kappa shape index (κ3) is 5.79. The van der Waals surface area contributed by atoms with Gasteiger partial charge in [-0.3, -0.25) is 4.31 Å². The molecule has 1 unspecified atom stereocenters. The molecule has 0 spiro atoms. The fourth-order valence-electron chi connectivity index (χ4n) is 3.54. The topological polar surface area (TPSA) is 66.9 Å². The van der Waals surface area contributed by atoms with Crippen LogP contribution in [0.3, 0.4) is 0 Å². The number of esters is 1. The summed E-state index contributed by atoms with van der Waals surface area (Å²) in [4.78, 5) is 13.6. The van der Waals surface area contributed by atoms with Crippen LogP contribution in [-0.4, -0.2) is 58.0 Å². The molecule has 0 N–H and O–H groups in total. The van der Waals surface area contributed by atoms with E-state index in [1.165, 1.54) is 11.4 Å². The third-order valence-electron chi connectivity index (χ3n) is 5.17. The largest absolute Gasteiger partial charge is 0.465 e. The number of carbonyl (C=O) groups excluding carboxylic acids is 1. The molecule has 3 rings (SSSR count). The molecule has 30 heavy (non-hydrogen) atoms. The highest BCUT2D eigenvalue weighted by Gasteiger charge is 2.25. The summed E-state index contributed by atoms with van der Waals surface area (Å²) in [6.07, 6.45) is 0.153. The number of carbonyl (C=O) groups is 1. The first kappa shape index (κ1) is 22.2. The maximum Gasteiger partial charge on any atom is 0.337 e. The SMILES string of the molecule is COC(=O)c1ccc(CN(c2ccccc2)S(=O)(=O)CCCN2CCC(F)C2)cc1. The molecule has 2 aromatic rings. The fraction of sp³-hybridized carbons (Fsp3) is 0.409. The Labute approximate surface area is 177 Å². The van der Waals surface area contributed by atoms with Gasteiger partial charge < -0.3 is 9.64 Å². The lowest BCUT2D eigenvalue weighted by Gasteiger charge is -2.25. The molecule has 8 heteroatoms. The zero-order chi connectivity index (χ0) is 21.6. The smallest absolute Gasteiger partial charge is 0.337 e. The summed E-state index contributed by atoms with van der Waals surface area (Å²) in [5, 5.41) is 0. The summed E-state index contributed by atoms with van der Waals surface area (Å²) < 4.78 is 45.7. The number of hydrogen-bond donors (Lipinski definition) is 0. The molecule has 1 aliphatic heterocycles. The van der Waals surface area contributed by atoms with Gasteiger partial charge in [0.25, 0.3) is 0 Å². The van der Waals surface area contributed by atoms with E-state index < -0.39 is 22.2 Å². The van der Waals surface area contributed by atoms with Gasteiger partial charge in [0.15, 0.2) is 0 Å². The number of methoxy groups -OCH3 is 1. The second-order valence-electron chi connectivity index (χ2n) is 7.39. The van der Waals surface area contributed by atoms with Crippen molar-refractivity contribution in [3.63, 3.8) is 0 Å². The third-order valence-corrected chi connectivity index (χ3v) is 6.99. The number of hydrogen-bond acceptors (Lipinski definition) is 5. The van der Waals surface area contributed by atoms with Gasteiger partial charge in [-0.1, -0.05) is 30.3 Å². The highest BCUT2D eigenvalue weighted by Crippen LogP contribution is 2.22. The summed E-state index contributed by atoms with van der Waals surface area (Å²) in [6, 6.07) is 15.6. The number of ether oxygens (including phenoxy) is 1. The lowest BCUT2D eigenvalue weighted by molar-refractivity contribution is 0.0600. The quantitative estimate of drug-likeness (QED) is 0.567. The van der Waals surface area contributed by atoms with Crippen LogP contribution in [0.5, 0.6) is 0 Å². The first-order valence-electron chi connectivity index (χ1n) is 9.98. The Morgan fingerprint density at radius 3 is 2.47 bits per heavy atom. The standard InChI is InChI=1S/C22H27FN2O4S/c1-29-22(26)19-10-8-18(9-11-19)16-25(21-6-3-2-4-7-21)30(27,28)15-5-13-24-14-12-20(23)17-24/h2-4,6-11,20H,5,12-17H2,1H3. The van der Waals surface area contributed by atoms with E-state index in [0.29, 0.717) is 43.7 Å². The van der Waals surface area contributed by atoms with Crippen molar-refractivity contribution >= 4 is 21.7 Å². The Bertz CT molecular complexity index is 935. The van der Waals surface area contributed by atoms with Crippen LogP contribution >= 0.6 is 0 Å². The maximum atomic E-state index is 13.3. The number of halogens is 1. The Morgan fingerprint density at radius 1 is 1.17 bits per heavy atom. The van der Waals surface area contributed by atoms with E-state index in [1.54, 1.807) is 48.5 Å². The predicted molar refractivity (Wildman–Crippen MR) is 115 cm³/mol. The summed E-state index contributed by atoms with van der Waals surface area (Å²) in [7, 11) is -2.27. The average Bonchev–Trinajstić information content (AvgIpc) is 3.17. The van der Waals surface area contributed by atoms with Gasteiger partial charge in [-0.2, -0.15) is 0 Å². The van der Waals surface area contributed by atoms with Crippen molar-refractivity contribution < 1.29 is 22.3 Å². The first-order chi connectivity index (χ1) is 14.4. The molecule has 6 nitrogen and oxygen atoms in total. The van der Waals surface area contributed by atoms with Crippen LogP contribution in [-0.2, 0) is 21.3 Å². The van der Waals surface area contributed by atoms with Crippen molar-refractivity contribution in [3.8, 4) is 0 Å². The summed E-state index contributed by atoms with van der Waals surface area (Å²) in [6.45, 7) is 1.78. The van der Waals surface area contributed by atoms with Gasteiger partial charge in [0, 0.05) is 13.1 Å². The molecule has 0 bridgehead atoms. The second kappa shape index (κ2) is 10.0. The Morgan fingerprint density at radius 2 is 1.87 bits per heavy atom. The second-order valence-corrected chi connectivity index (χ2v) is 9.40. The number of rotatable bonds is 9. The monoisotopic (exact) mass is 434 g/mol. The number of anilines is 1. The van der Waals surface area contributed by atoms with E-state index in [0.717, 1.165) is 5.56 Å². The van der Waals surface area contributed by atoms with Gasteiger partial charge in [-0.15, -0.1) is 0 Å². The van der Waals surface area contributed by atoms with Gasteiger partial charge in [0.1, 0.15) is 6.17 Å². The van der Waals surface area contributed by atoms with Crippen LogP contribution in [0.15, 0.2) is 54.6 Å². The number of alkyl halides is 1. The molecule has 1 aliphatic rings. The lowest BCUT2D eigenvalue weighted by atomic mass is 10.1. The fourth-order valence-corrected chi connectivity index (χ4v) is 5.05. The molecule has 1 fully saturated rings. The van der Waals surface area contributed by atoms with Crippen LogP contribution in [0, 0.1) is 0 Å². The van der Waals surface area contributed by atoms with E-state index in [9.17, 15) is 17.6 Å². The first-order valence-corrected chi connectivity index (χ1v) is 11.6. The molecule has 0 radical (unpaired) electrons. The maximum absolute atomic E-state index is 13.3. The van der Waals surface area contributed by atoms with Crippen molar-refractivity contribution in [1.29, 1.82) is 0 Å². The molecule has 0 amide bonds. The van der Waals surface area contributed by atoms with Crippen LogP contribution in [0.2, 0.25) is 0 Å². The molecular weight excluding hydrogens is 407 g/mol. The van der Waals surface area contributed by atoms with Crippen molar-refractivity contribution in [3.05, 3.63) is 65.7 Å². The number of benzene rings is 2. The van der Waals surface area contributed by atoms with Gasteiger partial charge in [-0.25, -0.2) is 17.6 Å². The van der Waals surface area contributed by atoms with Crippen molar-refractivity contribution in [2.75, 3.05) is 36.8 Å². The van der Waals surface area contributed by atoms with E-state index >= 15 is 0 Å². The molecular formula is C22H27FN2O4S. The van der Waals surface area contributed by atoms with Gasteiger partial charge in [-0.05, 0) is 49.2 Å². The molecule has 0 saturated carbocycles. The normalized spacial score (nSPS) is 17.1. The van der Waals surface area contributed by atoms with Gasteiger partial charge in [0.05, 0.1) is 30.7 Å². The molecule has 0 aliphatic carbocycles. The lowest BCUT2D eigenvalue weighted by Crippen LogP contribution is -2.34. The Balaban J connectivity index is 1.72. The zero-order valence-electron chi connectivity index (χ0n) is 17.0. The number of sulfonamides is 1. The van der Waals surface area contributed by atoms with E-state index in [2.05, 4.69) is 0 Å². The molecule has 2 aromatic carbocycles. The minimum absolute atomic E-state index is 0.0183. The van der Waals surface area contributed by atoms with Crippen molar-refractivity contribution in [1.82, 2.24) is 4.90 Å². The predicted octanol–water partition coefficient (Wildman–Crippen LogP) is 3.24. The van der Waals surface area contributed by atoms with Crippen molar-refractivity contribution in [2.45, 2.75) is 25.6 Å². The van der Waals surface area contributed by atoms with Gasteiger partial charge >= 0.3 is 5.97 Å². The molecule has 162 valence electrons. The molecule has 1 saturated heterocycles. The van der Waals surface area contributed by atoms with Crippen LogP contribution < -0.4 is 4.31 Å². The van der Waals surface area contributed by atoms with Crippen LogP contribution in [0.4, 0.5) is 10.1 Å². The highest BCUT2D eigenvalue weighted by atomic mass is 32.2. The van der Waals surface area contributed by atoms with Gasteiger partial charge in [0.2, 0.25) is 10.0 Å². The summed E-state index contributed by atoms with van der Waals surface area (Å²) in [5.74, 6) is -0.457. The van der Waals surface area contributed by atoms with E-state index in [-0.39, 0.29) is 12.3 Å². The highest BCUT2D eigenvalue weighted by molar-refractivity contribution is 7.92. The van der Waals surface area contributed by atoms with E-state index in [1.807, 2.05) is 11.0 Å². The molecule has 1 heterocycles. The summed E-state index contributed by atoms with van der Waals surface area (Å²) in [5.41, 5.74) is 1.75.